The number of thiophene rings is 1. The fourth-order valence-electron chi connectivity index (χ4n) is 3.36. The number of piperazine rings is 1. The average molecular weight is 462 g/mol. The van der Waals surface area contributed by atoms with Gasteiger partial charge in [0.05, 0.1) is 31.5 Å². The molecule has 13 heteroatoms. The zero-order valence-corrected chi connectivity index (χ0v) is 17.7. The molecule has 1 N–H and O–H groups in total. The summed E-state index contributed by atoms with van der Waals surface area (Å²) < 4.78 is 45.3. The van der Waals surface area contributed by atoms with Crippen LogP contribution in [-0.4, -0.2) is 58.8 Å². The van der Waals surface area contributed by atoms with E-state index in [4.69, 9.17) is 4.74 Å². The first-order chi connectivity index (χ1) is 14.5. The maximum absolute atomic E-state index is 13.0. The largest absolute Gasteiger partial charge is 0.390 e. The van der Waals surface area contributed by atoms with Crippen LogP contribution in [0.1, 0.15) is 16.9 Å². The quantitative estimate of drug-likeness (QED) is 0.607. The topological polar surface area (TPSA) is 103 Å². The van der Waals surface area contributed by atoms with E-state index in [1.54, 1.807) is 6.92 Å². The van der Waals surface area contributed by atoms with Gasteiger partial charge in [0.1, 0.15) is 4.83 Å². The number of carbonyl (C=O) groups is 2. The van der Waals surface area contributed by atoms with E-state index in [0.717, 1.165) is 20.5 Å². The fraction of sp³-hybridized carbons (Fsp3) is 0.556. The van der Waals surface area contributed by atoms with Gasteiger partial charge >= 0.3 is 23.7 Å². The van der Waals surface area contributed by atoms with Crippen molar-refractivity contribution < 1.29 is 27.5 Å². The van der Waals surface area contributed by atoms with Gasteiger partial charge in [0, 0.05) is 31.6 Å². The standard InChI is InChI=1S/C18H21F3N4O5S/c1-10-11(9-23-6-4-22-13(26)15(23)28)31-16-12(10)14(27)24(7-8-30-2)17(29)25(16)5-3-18(19,20)21/h3-9H2,1-2H3,(H,22,26). The number of nitrogens with one attached hydrogen (secondary N) is 1. The summed E-state index contributed by atoms with van der Waals surface area (Å²) in [4.78, 5) is 51.5. The predicted molar refractivity (Wildman–Crippen MR) is 106 cm³/mol. The maximum Gasteiger partial charge on any atom is 0.390 e. The summed E-state index contributed by atoms with van der Waals surface area (Å²) in [5.41, 5.74) is -1.00. The molecule has 0 unspecified atom stereocenters. The summed E-state index contributed by atoms with van der Waals surface area (Å²) in [5, 5.41) is 2.56. The Hall–Kier alpha value is -2.67. The second kappa shape index (κ2) is 8.83. The Labute approximate surface area is 178 Å². The van der Waals surface area contributed by atoms with Crippen LogP contribution in [0, 0.1) is 6.92 Å². The molecule has 0 saturated carbocycles. The van der Waals surface area contributed by atoms with Crippen LogP contribution in [0.2, 0.25) is 0 Å². The molecule has 0 radical (unpaired) electrons. The Bertz CT molecular complexity index is 1130. The number of rotatable bonds is 7. The van der Waals surface area contributed by atoms with Crippen molar-refractivity contribution in [2.24, 2.45) is 0 Å². The van der Waals surface area contributed by atoms with E-state index in [-0.39, 0.29) is 43.0 Å². The number of aryl methyl sites for hydroxylation is 2. The van der Waals surface area contributed by atoms with Crippen LogP contribution < -0.4 is 16.6 Å². The van der Waals surface area contributed by atoms with E-state index in [9.17, 15) is 32.3 Å². The summed E-state index contributed by atoms with van der Waals surface area (Å²) in [6.07, 6.45) is -5.72. The Morgan fingerprint density at radius 2 is 1.84 bits per heavy atom. The van der Waals surface area contributed by atoms with Crippen LogP contribution >= 0.6 is 11.3 Å². The second-order valence-electron chi connectivity index (χ2n) is 7.06. The van der Waals surface area contributed by atoms with E-state index < -0.39 is 42.2 Å². The lowest BCUT2D eigenvalue weighted by molar-refractivity contribution is -0.148. The highest BCUT2D eigenvalue weighted by molar-refractivity contribution is 7.18. The first-order valence-electron chi connectivity index (χ1n) is 9.43. The lowest BCUT2D eigenvalue weighted by Crippen LogP contribution is -2.51. The van der Waals surface area contributed by atoms with E-state index >= 15 is 0 Å². The molecule has 2 aromatic heterocycles. The van der Waals surface area contributed by atoms with Crippen molar-refractivity contribution in [3.05, 3.63) is 31.3 Å². The van der Waals surface area contributed by atoms with Gasteiger partial charge in [0.2, 0.25) is 0 Å². The molecule has 0 aliphatic carbocycles. The van der Waals surface area contributed by atoms with Gasteiger partial charge in [-0.15, -0.1) is 11.3 Å². The number of amides is 2. The number of alkyl halides is 3. The lowest BCUT2D eigenvalue weighted by Gasteiger charge is -2.26. The Morgan fingerprint density at radius 1 is 1.13 bits per heavy atom. The van der Waals surface area contributed by atoms with Crippen LogP contribution in [0.25, 0.3) is 10.2 Å². The molecule has 2 aromatic rings. The highest BCUT2D eigenvalue weighted by atomic mass is 32.1. The van der Waals surface area contributed by atoms with Crippen molar-refractivity contribution in [3.8, 4) is 0 Å². The van der Waals surface area contributed by atoms with E-state index in [2.05, 4.69) is 5.32 Å². The fourth-order valence-corrected chi connectivity index (χ4v) is 4.69. The minimum absolute atomic E-state index is 0.0163. The van der Waals surface area contributed by atoms with Crippen LogP contribution in [0.5, 0.6) is 0 Å². The minimum Gasteiger partial charge on any atom is -0.383 e. The van der Waals surface area contributed by atoms with Crippen LogP contribution in [0.4, 0.5) is 13.2 Å². The number of halogens is 3. The molecule has 1 fully saturated rings. The number of carbonyl (C=O) groups excluding carboxylic acids is 2. The molecular weight excluding hydrogens is 441 g/mol. The van der Waals surface area contributed by atoms with E-state index in [1.165, 1.54) is 12.0 Å². The van der Waals surface area contributed by atoms with Crippen LogP contribution in [-0.2, 0) is 34.0 Å². The summed E-state index contributed by atoms with van der Waals surface area (Å²) >= 11 is 0.984. The number of fused-ring (bicyclic) bond motifs is 1. The average Bonchev–Trinajstić information content (AvgIpc) is 3.00. The van der Waals surface area contributed by atoms with Gasteiger partial charge in [0.25, 0.3) is 5.56 Å². The van der Waals surface area contributed by atoms with Crippen molar-refractivity contribution in [3.63, 3.8) is 0 Å². The molecule has 0 bridgehead atoms. The van der Waals surface area contributed by atoms with Crippen molar-refractivity contribution in [1.29, 1.82) is 0 Å². The number of aromatic nitrogens is 2. The Kier molecular flexibility index (Phi) is 6.55. The predicted octanol–water partition coefficient (Wildman–Crippen LogP) is 0.590. The van der Waals surface area contributed by atoms with Crippen molar-refractivity contribution in [1.82, 2.24) is 19.4 Å². The molecule has 3 heterocycles. The zero-order valence-electron chi connectivity index (χ0n) is 16.9. The van der Waals surface area contributed by atoms with E-state index in [0.29, 0.717) is 10.4 Å². The maximum atomic E-state index is 13.0. The number of ether oxygens (including phenoxy) is 1. The SMILES string of the molecule is COCCn1c(=O)c2c(C)c(CN3CCNC(=O)C3=O)sc2n(CCC(F)(F)F)c1=O. The van der Waals surface area contributed by atoms with Gasteiger partial charge in [-0.05, 0) is 12.5 Å². The minimum atomic E-state index is -4.48. The molecule has 3 rings (SSSR count). The second-order valence-corrected chi connectivity index (χ2v) is 8.15. The molecule has 2 amide bonds. The third kappa shape index (κ3) is 4.66. The van der Waals surface area contributed by atoms with Gasteiger partial charge in [-0.2, -0.15) is 13.2 Å². The highest BCUT2D eigenvalue weighted by Gasteiger charge is 2.30. The monoisotopic (exact) mass is 462 g/mol. The highest BCUT2D eigenvalue weighted by Crippen LogP contribution is 2.30. The van der Waals surface area contributed by atoms with Crippen molar-refractivity contribution in [2.75, 3.05) is 26.8 Å². The molecule has 0 aromatic carbocycles. The van der Waals surface area contributed by atoms with Crippen molar-refractivity contribution >= 4 is 33.4 Å². The summed E-state index contributed by atoms with van der Waals surface area (Å²) in [6, 6.07) is 0. The number of nitrogens with zero attached hydrogens (tertiary/aromatic N) is 3. The summed E-state index contributed by atoms with van der Waals surface area (Å²) in [6.45, 7) is 1.45. The van der Waals surface area contributed by atoms with E-state index in [1.807, 2.05) is 0 Å². The van der Waals surface area contributed by atoms with Crippen LogP contribution in [0.15, 0.2) is 9.59 Å². The smallest absolute Gasteiger partial charge is 0.383 e. The van der Waals surface area contributed by atoms with Gasteiger partial charge in [-0.3, -0.25) is 23.5 Å². The van der Waals surface area contributed by atoms with Gasteiger partial charge in [-0.25, -0.2) is 4.79 Å². The van der Waals surface area contributed by atoms with Crippen LogP contribution in [0.3, 0.4) is 0 Å². The van der Waals surface area contributed by atoms with Gasteiger partial charge in [0.15, 0.2) is 0 Å². The molecule has 1 aliphatic heterocycles. The molecule has 1 aliphatic rings. The molecular formula is C18H21F3N4O5S. The molecule has 31 heavy (non-hydrogen) atoms. The zero-order chi connectivity index (χ0) is 22.9. The first kappa shape index (κ1) is 23.0. The summed E-state index contributed by atoms with van der Waals surface area (Å²) in [5.74, 6) is -1.47. The van der Waals surface area contributed by atoms with Gasteiger partial charge in [-0.1, -0.05) is 0 Å². The third-order valence-corrected chi connectivity index (χ3v) is 6.31. The van der Waals surface area contributed by atoms with Crippen molar-refractivity contribution in [2.45, 2.75) is 39.2 Å². The normalized spacial score (nSPS) is 15.1. The Balaban J connectivity index is 2.13. The molecule has 9 nitrogen and oxygen atoms in total. The molecule has 0 spiro atoms. The lowest BCUT2D eigenvalue weighted by atomic mass is 10.2. The Morgan fingerprint density at radius 3 is 2.48 bits per heavy atom. The van der Waals surface area contributed by atoms with Gasteiger partial charge < -0.3 is 15.0 Å². The number of hydrogen-bond acceptors (Lipinski definition) is 6. The molecule has 1 saturated heterocycles. The third-order valence-electron chi connectivity index (χ3n) is 5.01. The molecule has 0 atom stereocenters. The summed E-state index contributed by atoms with van der Waals surface area (Å²) in [7, 11) is 1.38. The first-order valence-corrected chi connectivity index (χ1v) is 10.2. The number of hydrogen-bond donors (Lipinski definition) is 1. The molecule has 170 valence electrons. The number of methoxy groups -OCH3 is 1.